The molecule has 0 aromatic carbocycles. The lowest BCUT2D eigenvalue weighted by molar-refractivity contribution is -0.127. The smallest absolute Gasteiger partial charge is 0.294 e. The second-order valence-electron chi connectivity index (χ2n) is 7.00. The van der Waals surface area contributed by atoms with E-state index in [1.807, 2.05) is 17.5 Å². The maximum Gasteiger partial charge on any atom is 0.294 e. The number of thioether (sulfide) groups is 1. The van der Waals surface area contributed by atoms with E-state index in [1.165, 1.54) is 22.7 Å². The monoisotopic (exact) mass is 443 g/mol. The van der Waals surface area contributed by atoms with Crippen molar-refractivity contribution in [2.75, 3.05) is 11.9 Å². The van der Waals surface area contributed by atoms with E-state index >= 15 is 0 Å². The summed E-state index contributed by atoms with van der Waals surface area (Å²) in [6.07, 6.45) is 4.43. The standard InChI is InChI=1S/C20H17N3O3S3/c1-11-4-5-13-14(9-21)18(28-15(13)7-11)22-17(24)10-23-19(25)16(29-20(23)26)8-12-3-2-6-27-12/h2-3,6,8,11H,4-5,7,10H2,1H3,(H,22,24). The van der Waals surface area contributed by atoms with Crippen LogP contribution in [0.2, 0.25) is 0 Å². The highest BCUT2D eigenvalue weighted by Gasteiger charge is 2.36. The Hall–Kier alpha value is -2.41. The van der Waals surface area contributed by atoms with E-state index in [-0.39, 0.29) is 6.54 Å². The van der Waals surface area contributed by atoms with Crippen LogP contribution in [0.4, 0.5) is 9.80 Å². The molecule has 29 heavy (non-hydrogen) atoms. The Bertz CT molecular complexity index is 1060. The van der Waals surface area contributed by atoms with E-state index in [0.29, 0.717) is 21.4 Å². The number of rotatable bonds is 4. The molecule has 0 radical (unpaired) electrons. The van der Waals surface area contributed by atoms with Crippen LogP contribution < -0.4 is 5.32 Å². The molecule has 1 unspecified atom stereocenters. The van der Waals surface area contributed by atoms with E-state index in [2.05, 4.69) is 18.3 Å². The van der Waals surface area contributed by atoms with Gasteiger partial charge < -0.3 is 5.32 Å². The number of anilines is 1. The fourth-order valence-electron chi connectivity index (χ4n) is 3.41. The number of hydrogen-bond donors (Lipinski definition) is 1. The van der Waals surface area contributed by atoms with Crippen molar-refractivity contribution < 1.29 is 14.4 Å². The molecule has 148 valence electrons. The van der Waals surface area contributed by atoms with Crippen molar-refractivity contribution >= 4 is 62.6 Å². The summed E-state index contributed by atoms with van der Waals surface area (Å²) in [6, 6.07) is 5.92. The summed E-state index contributed by atoms with van der Waals surface area (Å²) in [5.41, 5.74) is 1.54. The number of nitrogens with one attached hydrogen (secondary N) is 1. The Morgan fingerprint density at radius 1 is 1.45 bits per heavy atom. The predicted octanol–water partition coefficient (Wildman–Crippen LogP) is 4.48. The van der Waals surface area contributed by atoms with Crippen LogP contribution in [0.1, 0.15) is 34.2 Å². The van der Waals surface area contributed by atoms with Gasteiger partial charge in [0, 0.05) is 9.75 Å². The van der Waals surface area contributed by atoms with E-state index in [0.717, 1.165) is 51.2 Å². The van der Waals surface area contributed by atoms with Crippen LogP contribution in [0, 0.1) is 17.2 Å². The van der Waals surface area contributed by atoms with Gasteiger partial charge >= 0.3 is 0 Å². The number of amides is 3. The number of fused-ring (bicyclic) bond motifs is 1. The largest absolute Gasteiger partial charge is 0.315 e. The van der Waals surface area contributed by atoms with Crippen molar-refractivity contribution in [2.45, 2.75) is 26.2 Å². The van der Waals surface area contributed by atoms with Crippen molar-refractivity contribution in [2.24, 2.45) is 5.92 Å². The van der Waals surface area contributed by atoms with Gasteiger partial charge in [-0.25, -0.2) is 0 Å². The highest BCUT2D eigenvalue weighted by Crippen LogP contribution is 2.39. The van der Waals surface area contributed by atoms with Gasteiger partial charge in [0.05, 0.1) is 10.5 Å². The topological polar surface area (TPSA) is 90.3 Å². The highest BCUT2D eigenvalue weighted by molar-refractivity contribution is 8.18. The van der Waals surface area contributed by atoms with Gasteiger partial charge in [0.25, 0.3) is 11.1 Å². The third kappa shape index (κ3) is 4.01. The Morgan fingerprint density at radius 3 is 3.00 bits per heavy atom. The van der Waals surface area contributed by atoms with E-state index in [4.69, 9.17) is 0 Å². The molecule has 6 nitrogen and oxygen atoms in total. The molecule has 2 aromatic rings. The molecule has 0 spiro atoms. The molecule has 2 aliphatic rings. The molecule has 1 saturated heterocycles. The first-order valence-electron chi connectivity index (χ1n) is 9.09. The van der Waals surface area contributed by atoms with Crippen LogP contribution >= 0.6 is 34.4 Å². The van der Waals surface area contributed by atoms with Crippen molar-refractivity contribution in [3.8, 4) is 6.07 Å². The van der Waals surface area contributed by atoms with Crippen LogP contribution in [0.3, 0.4) is 0 Å². The first-order chi connectivity index (χ1) is 14.0. The molecule has 3 amide bonds. The molecule has 4 rings (SSSR count). The van der Waals surface area contributed by atoms with E-state index in [9.17, 15) is 19.6 Å². The Kier molecular flexibility index (Phi) is 5.58. The first kappa shape index (κ1) is 19.9. The lowest BCUT2D eigenvalue weighted by Gasteiger charge is -2.17. The van der Waals surface area contributed by atoms with E-state index in [1.54, 1.807) is 6.08 Å². The van der Waals surface area contributed by atoms with Crippen molar-refractivity contribution in [3.05, 3.63) is 43.3 Å². The van der Waals surface area contributed by atoms with Gasteiger partial charge in [0.2, 0.25) is 5.91 Å². The minimum absolute atomic E-state index is 0.309. The fourth-order valence-corrected chi connectivity index (χ4v) is 6.34. The molecule has 9 heteroatoms. The van der Waals surface area contributed by atoms with Crippen LogP contribution in [-0.2, 0) is 22.4 Å². The molecule has 0 bridgehead atoms. The molecule has 3 heterocycles. The summed E-state index contributed by atoms with van der Waals surface area (Å²) >= 11 is 3.72. The maximum atomic E-state index is 12.5. The van der Waals surface area contributed by atoms with Crippen LogP contribution in [0.5, 0.6) is 0 Å². The normalized spacial score (nSPS) is 20.1. The zero-order valence-electron chi connectivity index (χ0n) is 15.6. The van der Waals surface area contributed by atoms with Gasteiger partial charge in [0.1, 0.15) is 17.6 Å². The van der Waals surface area contributed by atoms with Gasteiger partial charge in [-0.3, -0.25) is 19.3 Å². The highest BCUT2D eigenvalue weighted by atomic mass is 32.2. The number of nitrogens with zero attached hydrogens (tertiary/aromatic N) is 2. The summed E-state index contributed by atoms with van der Waals surface area (Å²) in [5, 5.41) is 14.2. The molecule has 1 aliphatic carbocycles. The minimum Gasteiger partial charge on any atom is -0.315 e. The van der Waals surface area contributed by atoms with Gasteiger partial charge in [-0.1, -0.05) is 13.0 Å². The predicted molar refractivity (Wildman–Crippen MR) is 116 cm³/mol. The van der Waals surface area contributed by atoms with E-state index < -0.39 is 17.1 Å². The summed E-state index contributed by atoms with van der Waals surface area (Å²) in [4.78, 5) is 40.6. The second kappa shape index (κ2) is 8.14. The molecule has 1 atom stereocenters. The third-order valence-electron chi connectivity index (χ3n) is 4.87. The van der Waals surface area contributed by atoms with Crippen molar-refractivity contribution in [1.29, 1.82) is 5.26 Å². The number of imide groups is 1. The quantitative estimate of drug-likeness (QED) is 0.704. The lowest BCUT2D eigenvalue weighted by atomic mass is 9.89. The molecule has 1 N–H and O–H groups in total. The molecular weight excluding hydrogens is 426 g/mol. The molecule has 2 aromatic heterocycles. The van der Waals surface area contributed by atoms with Gasteiger partial charge in [-0.15, -0.1) is 22.7 Å². The zero-order chi connectivity index (χ0) is 20.5. The number of thiophene rings is 2. The average molecular weight is 444 g/mol. The van der Waals surface area contributed by atoms with Crippen molar-refractivity contribution in [3.63, 3.8) is 0 Å². The molecule has 0 saturated carbocycles. The Balaban J connectivity index is 1.47. The number of hydrogen-bond acceptors (Lipinski definition) is 7. The van der Waals surface area contributed by atoms with Crippen LogP contribution in [-0.4, -0.2) is 28.5 Å². The number of nitriles is 1. The summed E-state index contributed by atoms with van der Waals surface area (Å²) < 4.78 is 0. The van der Waals surface area contributed by atoms with Crippen LogP contribution in [0.25, 0.3) is 6.08 Å². The van der Waals surface area contributed by atoms with Gasteiger partial charge in [0.15, 0.2) is 0 Å². The maximum absolute atomic E-state index is 12.5. The van der Waals surface area contributed by atoms with Gasteiger partial charge in [-0.2, -0.15) is 5.26 Å². The summed E-state index contributed by atoms with van der Waals surface area (Å²) in [6.45, 7) is 1.81. The Morgan fingerprint density at radius 2 is 2.28 bits per heavy atom. The zero-order valence-corrected chi connectivity index (χ0v) is 18.0. The average Bonchev–Trinajstić information content (AvgIpc) is 3.37. The third-order valence-corrected chi connectivity index (χ3v) is 7.76. The summed E-state index contributed by atoms with van der Waals surface area (Å²) in [7, 11) is 0. The minimum atomic E-state index is -0.479. The molecule has 1 aliphatic heterocycles. The second-order valence-corrected chi connectivity index (χ2v) is 10.1. The lowest BCUT2D eigenvalue weighted by Crippen LogP contribution is -2.36. The Labute approximate surface area is 180 Å². The van der Waals surface area contributed by atoms with Crippen LogP contribution in [0.15, 0.2) is 22.4 Å². The fraction of sp³-hybridized carbons (Fsp3) is 0.300. The SMILES string of the molecule is CC1CCc2c(sc(NC(=O)CN3C(=O)SC(=Cc4cccs4)C3=O)c2C#N)C1. The van der Waals surface area contributed by atoms with Crippen molar-refractivity contribution in [1.82, 2.24) is 4.90 Å². The molecule has 1 fully saturated rings. The number of carbonyl (C=O) groups is 3. The summed E-state index contributed by atoms with van der Waals surface area (Å²) in [5.74, 6) is -0.391. The van der Waals surface area contributed by atoms with Gasteiger partial charge in [-0.05, 0) is 60.0 Å². The number of carbonyl (C=O) groups excluding carboxylic acids is 3. The first-order valence-corrected chi connectivity index (χ1v) is 11.6. The molecular formula is C20H17N3O3S3.